The molecule has 0 aromatic heterocycles. The van der Waals surface area contributed by atoms with Crippen molar-refractivity contribution in [3.8, 4) is 0 Å². The zero-order valence-electron chi connectivity index (χ0n) is 16.2. The van der Waals surface area contributed by atoms with Gasteiger partial charge in [-0.15, -0.1) is 0 Å². The number of aryl methyl sites for hydroxylation is 1. The number of benzene rings is 2. The van der Waals surface area contributed by atoms with Crippen LogP contribution in [-0.2, 0) is 9.53 Å². The molecule has 1 N–H and O–H groups in total. The van der Waals surface area contributed by atoms with E-state index in [2.05, 4.69) is 5.32 Å². The minimum absolute atomic E-state index is 0.105. The number of methoxy groups -OCH3 is 1. The highest BCUT2D eigenvalue weighted by atomic mass is 19.1. The highest BCUT2D eigenvalue weighted by Gasteiger charge is 2.40. The van der Waals surface area contributed by atoms with Crippen molar-refractivity contribution in [2.45, 2.75) is 12.8 Å². The van der Waals surface area contributed by atoms with Crippen LogP contribution in [0.2, 0.25) is 0 Å². The van der Waals surface area contributed by atoms with Gasteiger partial charge in [0.05, 0.1) is 12.5 Å². The monoisotopic (exact) mass is 384 g/mol. The lowest BCUT2D eigenvalue weighted by Gasteiger charge is -2.18. The minimum Gasteiger partial charge on any atom is -0.383 e. The predicted octanol–water partition coefficient (Wildman–Crippen LogP) is 2.75. The number of nitrogens with zero attached hydrogens (tertiary/aromatic N) is 1. The van der Waals surface area contributed by atoms with E-state index in [0.29, 0.717) is 31.8 Å². The first-order chi connectivity index (χ1) is 13.5. The molecule has 3 rings (SSSR count). The summed E-state index contributed by atoms with van der Waals surface area (Å²) in [6, 6.07) is 13.7. The topological polar surface area (TPSA) is 58.6 Å². The van der Waals surface area contributed by atoms with Gasteiger partial charge >= 0.3 is 0 Å². The summed E-state index contributed by atoms with van der Waals surface area (Å²) in [6.45, 7) is 3.37. The maximum atomic E-state index is 13.8. The second-order valence-electron chi connectivity index (χ2n) is 7.08. The summed E-state index contributed by atoms with van der Waals surface area (Å²) in [7, 11) is 1.57. The number of carbonyl (C=O) groups excluding carboxylic acids is 2. The van der Waals surface area contributed by atoms with E-state index in [1.807, 2.05) is 31.2 Å². The second-order valence-corrected chi connectivity index (χ2v) is 7.08. The molecule has 2 aromatic carbocycles. The molecule has 0 bridgehead atoms. The lowest BCUT2D eigenvalue weighted by Crippen LogP contribution is -2.37. The van der Waals surface area contributed by atoms with E-state index in [9.17, 15) is 14.0 Å². The molecule has 2 atom stereocenters. The minimum atomic E-state index is -0.438. The van der Waals surface area contributed by atoms with E-state index in [4.69, 9.17) is 4.74 Å². The zero-order valence-corrected chi connectivity index (χ0v) is 16.2. The maximum absolute atomic E-state index is 13.8. The average molecular weight is 384 g/mol. The number of nitrogens with one attached hydrogen (secondary N) is 1. The van der Waals surface area contributed by atoms with Crippen molar-refractivity contribution >= 4 is 11.8 Å². The van der Waals surface area contributed by atoms with E-state index < -0.39 is 5.92 Å². The van der Waals surface area contributed by atoms with Gasteiger partial charge in [0.15, 0.2) is 0 Å². The van der Waals surface area contributed by atoms with Crippen LogP contribution in [0.1, 0.15) is 27.4 Å². The predicted molar refractivity (Wildman–Crippen MR) is 105 cm³/mol. The number of ether oxygens (including phenoxy) is 1. The molecular formula is C22H25FN2O3. The Hall–Kier alpha value is -2.73. The Balaban J connectivity index is 1.84. The third-order valence-electron chi connectivity index (χ3n) is 5.20. The Morgan fingerprint density at radius 1 is 1.18 bits per heavy atom. The summed E-state index contributed by atoms with van der Waals surface area (Å²) in [5, 5.41) is 2.85. The van der Waals surface area contributed by atoms with Crippen LogP contribution in [0.15, 0.2) is 48.5 Å². The molecule has 148 valence electrons. The number of halogens is 1. The summed E-state index contributed by atoms with van der Waals surface area (Å²) in [5.74, 6) is -1.30. The van der Waals surface area contributed by atoms with Gasteiger partial charge in [0.2, 0.25) is 5.91 Å². The molecule has 0 spiro atoms. The van der Waals surface area contributed by atoms with Crippen molar-refractivity contribution in [1.29, 1.82) is 0 Å². The van der Waals surface area contributed by atoms with E-state index >= 15 is 0 Å². The fourth-order valence-corrected chi connectivity index (χ4v) is 3.70. The van der Waals surface area contributed by atoms with Crippen molar-refractivity contribution in [3.63, 3.8) is 0 Å². The molecule has 1 fully saturated rings. The fraction of sp³-hybridized carbons (Fsp3) is 0.364. The Morgan fingerprint density at radius 3 is 2.68 bits per heavy atom. The van der Waals surface area contributed by atoms with Crippen molar-refractivity contribution in [2.75, 3.05) is 33.4 Å². The Bertz CT molecular complexity index is 855. The summed E-state index contributed by atoms with van der Waals surface area (Å²) >= 11 is 0. The van der Waals surface area contributed by atoms with Gasteiger partial charge < -0.3 is 15.0 Å². The lowest BCUT2D eigenvalue weighted by molar-refractivity contribution is -0.125. The quantitative estimate of drug-likeness (QED) is 0.779. The summed E-state index contributed by atoms with van der Waals surface area (Å²) in [5.41, 5.74) is 2.25. The average Bonchev–Trinajstić information content (AvgIpc) is 3.13. The Kier molecular flexibility index (Phi) is 6.41. The Morgan fingerprint density at radius 2 is 1.96 bits per heavy atom. The van der Waals surface area contributed by atoms with Crippen LogP contribution in [-0.4, -0.2) is 50.1 Å². The second kappa shape index (κ2) is 8.97. The SMILES string of the molecule is COCCNC(=O)[C@H]1CN(C(=O)c2ccccc2C)C[C@@H]1c1cccc(F)c1. The first kappa shape index (κ1) is 20.0. The molecule has 1 aliphatic rings. The normalized spacial score (nSPS) is 18.9. The number of likely N-dealkylation sites (tertiary alicyclic amines) is 1. The molecule has 1 saturated heterocycles. The smallest absolute Gasteiger partial charge is 0.254 e. The van der Waals surface area contributed by atoms with Gasteiger partial charge in [0.1, 0.15) is 5.82 Å². The lowest BCUT2D eigenvalue weighted by atomic mass is 9.88. The largest absolute Gasteiger partial charge is 0.383 e. The van der Waals surface area contributed by atoms with E-state index in [1.165, 1.54) is 12.1 Å². The maximum Gasteiger partial charge on any atom is 0.254 e. The van der Waals surface area contributed by atoms with Gasteiger partial charge in [-0.2, -0.15) is 0 Å². The van der Waals surface area contributed by atoms with Gasteiger partial charge in [-0.05, 0) is 36.2 Å². The van der Waals surface area contributed by atoms with Gasteiger partial charge in [-0.25, -0.2) is 4.39 Å². The number of hydrogen-bond donors (Lipinski definition) is 1. The molecule has 28 heavy (non-hydrogen) atoms. The van der Waals surface area contributed by atoms with Crippen LogP contribution >= 0.6 is 0 Å². The molecule has 2 amide bonds. The molecule has 1 heterocycles. The van der Waals surface area contributed by atoms with Gasteiger partial charge in [0, 0.05) is 38.2 Å². The number of amides is 2. The van der Waals surface area contributed by atoms with Gasteiger partial charge in [-0.1, -0.05) is 30.3 Å². The van der Waals surface area contributed by atoms with Crippen molar-refractivity contribution < 1.29 is 18.7 Å². The van der Waals surface area contributed by atoms with Gasteiger partial charge in [0.25, 0.3) is 5.91 Å². The fourth-order valence-electron chi connectivity index (χ4n) is 3.70. The van der Waals surface area contributed by atoms with Crippen LogP contribution < -0.4 is 5.32 Å². The molecule has 1 aliphatic heterocycles. The summed E-state index contributed by atoms with van der Waals surface area (Å²) in [6.07, 6.45) is 0. The van der Waals surface area contributed by atoms with Crippen LogP contribution in [0.25, 0.3) is 0 Å². The van der Waals surface area contributed by atoms with E-state index in [0.717, 1.165) is 11.1 Å². The highest BCUT2D eigenvalue weighted by molar-refractivity contribution is 5.96. The molecule has 0 unspecified atom stereocenters. The van der Waals surface area contributed by atoms with E-state index in [1.54, 1.807) is 24.1 Å². The van der Waals surface area contributed by atoms with Crippen molar-refractivity contribution in [3.05, 3.63) is 71.0 Å². The Labute approximate surface area is 164 Å². The number of carbonyl (C=O) groups is 2. The molecule has 5 nitrogen and oxygen atoms in total. The first-order valence-corrected chi connectivity index (χ1v) is 9.38. The standard InChI is InChI=1S/C22H25FN2O3/c1-15-6-3-4-9-18(15)22(27)25-13-19(16-7-5-8-17(23)12-16)20(14-25)21(26)24-10-11-28-2/h3-9,12,19-20H,10-11,13-14H2,1-2H3,(H,24,26)/t19-,20+/m1/s1. The van der Waals surface area contributed by atoms with Crippen LogP contribution in [0.5, 0.6) is 0 Å². The van der Waals surface area contributed by atoms with Crippen LogP contribution in [0.4, 0.5) is 4.39 Å². The molecular weight excluding hydrogens is 359 g/mol. The molecule has 0 radical (unpaired) electrons. The van der Waals surface area contributed by atoms with Crippen molar-refractivity contribution in [2.24, 2.45) is 5.92 Å². The summed E-state index contributed by atoms with van der Waals surface area (Å²) in [4.78, 5) is 27.5. The van der Waals surface area contributed by atoms with E-state index in [-0.39, 0.29) is 23.5 Å². The third-order valence-corrected chi connectivity index (χ3v) is 5.20. The molecule has 0 aliphatic carbocycles. The molecule has 2 aromatic rings. The third kappa shape index (κ3) is 4.39. The van der Waals surface area contributed by atoms with Gasteiger partial charge in [-0.3, -0.25) is 9.59 Å². The molecule has 0 saturated carbocycles. The molecule has 6 heteroatoms. The zero-order chi connectivity index (χ0) is 20.1. The first-order valence-electron chi connectivity index (χ1n) is 9.38. The number of rotatable bonds is 6. The summed E-state index contributed by atoms with van der Waals surface area (Å²) < 4.78 is 18.8. The van der Waals surface area contributed by atoms with Crippen LogP contribution in [0.3, 0.4) is 0 Å². The van der Waals surface area contributed by atoms with Crippen molar-refractivity contribution in [1.82, 2.24) is 10.2 Å². The van der Waals surface area contributed by atoms with Crippen LogP contribution in [0, 0.1) is 18.7 Å². The highest BCUT2D eigenvalue weighted by Crippen LogP contribution is 2.34. The number of hydrogen-bond acceptors (Lipinski definition) is 3.